The molecular formula is C18H12ClF2N3O. The molecule has 3 aromatic rings. The van der Waals surface area contributed by atoms with E-state index in [1.54, 1.807) is 18.2 Å². The first-order chi connectivity index (χ1) is 12.0. The van der Waals surface area contributed by atoms with Crippen LogP contribution < -0.4 is 10.6 Å². The lowest BCUT2D eigenvalue weighted by Gasteiger charge is -2.09. The van der Waals surface area contributed by atoms with Gasteiger partial charge in [-0.1, -0.05) is 23.7 Å². The van der Waals surface area contributed by atoms with Crippen LogP contribution in [-0.4, -0.2) is 10.9 Å². The molecule has 0 atom stereocenters. The van der Waals surface area contributed by atoms with Crippen LogP contribution >= 0.6 is 11.6 Å². The zero-order chi connectivity index (χ0) is 17.8. The minimum Gasteiger partial charge on any atom is -0.353 e. The van der Waals surface area contributed by atoms with Crippen LogP contribution in [0.4, 0.5) is 25.8 Å². The Bertz CT molecular complexity index is 916. The Balaban J connectivity index is 1.71. The van der Waals surface area contributed by atoms with Crippen molar-refractivity contribution in [1.29, 1.82) is 0 Å². The van der Waals surface area contributed by atoms with Crippen LogP contribution in [0.25, 0.3) is 0 Å². The molecule has 0 aliphatic rings. The van der Waals surface area contributed by atoms with E-state index in [-0.39, 0.29) is 11.4 Å². The molecular weight excluding hydrogens is 348 g/mol. The minimum atomic E-state index is -0.856. The van der Waals surface area contributed by atoms with E-state index in [2.05, 4.69) is 15.6 Å². The lowest BCUT2D eigenvalue weighted by atomic mass is 10.2. The fraction of sp³-hybridized carbons (Fsp3) is 0. The number of para-hydroxylation sites is 1. The first-order valence-corrected chi connectivity index (χ1v) is 7.65. The average molecular weight is 360 g/mol. The second-order valence-electron chi connectivity index (χ2n) is 5.12. The molecule has 0 saturated carbocycles. The highest BCUT2D eigenvalue weighted by atomic mass is 35.5. The van der Waals surface area contributed by atoms with E-state index in [9.17, 15) is 13.6 Å². The zero-order valence-corrected chi connectivity index (χ0v) is 13.5. The third-order valence-electron chi connectivity index (χ3n) is 3.33. The van der Waals surface area contributed by atoms with Crippen molar-refractivity contribution < 1.29 is 13.6 Å². The maximum atomic E-state index is 13.6. The largest absolute Gasteiger partial charge is 0.353 e. The van der Waals surface area contributed by atoms with Crippen molar-refractivity contribution in [2.24, 2.45) is 0 Å². The number of rotatable bonds is 4. The van der Waals surface area contributed by atoms with Crippen molar-refractivity contribution >= 4 is 34.6 Å². The quantitative estimate of drug-likeness (QED) is 0.688. The Kier molecular flexibility index (Phi) is 4.90. The highest BCUT2D eigenvalue weighted by Gasteiger charge is 2.11. The van der Waals surface area contributed by atoms with Crippen LogP contribution in [0.2, 0.25) is 5.02 Å². The number of nitrogens with zero attached hydrogens (tertiary/aromatic N) is 1. The number of carbonyl (C=O) groups excluding carboxylic acids is 1. The van der Waals surface area contributed by atoms with Gasteiger partial charge in [0.25, 0.3) is 5.91 Å². The molecule has 2 N–H and O–H groups in total. The summed E-state index contributed by atoms with van der Waals surface area (Å²) < 4.78 is 26.5. The molecule has 0 unspecified atom stereocenters. The first kappa shape index (κ1) is 16.9. The maximum Gasteiger partial charge on any atom is 0.274 e. The number of anilines is 3. The summed E-state index contributed by atoms with van der Waals surface area (Å²) in [7, 11) is 0. The van der Waals surface area contributed by atoms with Crippen LogP contribution in [0.1, 0.15) is 10.5 Å². The summed E-state index contributed by atoms with van der Waals surface area (Å²) in [6.07, 6.45) is 1.46. The first-order valence-electron chi connectivity index (χ1n) is 7.27. The fourth-order valence-corrected chi connectivity index (χ4v) is 2.28. The molecule has 0 fully saturated rings. The van der Waals surface area contributed by atoms with Gasteiger partial charge < -0.3 is 10.6 Å². The molecule has 0 spiro atoms. The van der Waals surface area contributed by atoms with Crippen LogP contribution in [0.15, 0.2) is 60.8 Å². The highest BCUT2D eigenvalue weighted by molar-refractivity contribution is 6.33. The standard InChI is InChI=1S/C18H12ClF2N3O/c19-13-3-1-2-4-15(13)23-12-6-8-17(22-10-12)18(25)24-16-7-5-11(20)9-14(16)21/h1-10,23H,(H,24,25). The minimum absolute atomic E-state index is 0.0911. The van der Waals surface area contributed by atoms with Gasteiger partial charge in [0.2, 0.25) is 0 Å². The molecule has 25 heavy (non-hydrogen) atoms. The third-order valence-corrected chi connectivity index (χ3v) is 3.66. The molecule has 1 heterocycles. The lowest BCUT2D eigenvalue weighted by molar-refractivity contribution is 0.102. The summed E-state index contributed by atoms with van der Waals surface area (Å²) in [5.74, 6) is -2.18. The van der Waals surface area contributed by atoms with E-state index in [0.29, 0.717) is 22.5 Å². The molecule has 0 aliphatic carbocycles. The van der Waals surface area contributed by atoms with Crippen molar-refractivity contribution in [3.63, 3.8) is 0 Å². The van der Waals surface area contributed by atoms with E-state index in [0.717, 1.165) is 12.1 Å². The smallest absolute Gasteiger partial charge is 0.274 e. The van der Waals surface area contributed by atoms with Crippen molar-refractivity contribution in [2.75, 3.05) is 10.6 Å². The van der Waals surface area contributed by atoms with Gasteiger partial charge in [0.15, 0.2) is 0 Å². The molecule has 0 saturated heterocycles. The van der Waals surface area contributed by atoms with Crippen molar-refractivity contribution in [1.82, 2.24) is 4.98 Å². The van der Waals surface area contributed by atoms with Gasteiger partial charge in [0.05, 0.1) is 28.3 Å². The van der Waals surface area contributed by atoms with Gasteiger partial charge in [-0.2, -0.15) is 0 Å². The molecule has 0 bridgehead atoms. The second kappa shape index (κ2) is 7.27. The Labute approximate surface area is 147 Å². The molecule has 1 aromatic heterocycles. The Morgan fingerprint density at radius 1 is 1.00 bits per heavy atom. The Hall–Kier alpha value is -2.99. The Morgan fingerprint density at radius 3 is 2.48 bits per heavy atom. The normalized spacial score (nSPS) is 10.4. The molecule has 1 amide bonds. The van der Waals surface area contributed by atoms with Gasteiger partial charge in [-0.25, -0.2) is 13.8 Å². The van der Waals surface area contributed by atoms with E-state index < -0.39 is 17.5 Å². The van der Waals surface area contributed by atoms with Gasteiger partial charge in [-0.05, 0) is 36.4 Å². The molecule has 126 valence electrons. The van der Waals surface area contributed by atoms with Crippen LogP contribution in [0.3, 0.4) is 0 Å². The Morgan fingerprint density at radius 2 is 1.80 bits per heavy atom. The van der Waals surface area contributed by atoms with Crippen molar-refractivity contribution in [3.05, 3.63) is 83.1 Å². The third kappa shape index (κ3) is 4.10. The molecule has 3 rings (SSSR count). The zero-order valence-electron chi connectivity index (χ0n) is 12.8. The summed E-state index contributed by atoms with van der Waals surface area (Å²) >= 11 is 6.06. The van der Waals surface area contributed by atoms with Crippen LogP contribution in [0, 0.1) is 11.6 Å². The molecule has 0 aliphatic heterocycles. The van der Waals surface area contributed by atoms with E-state index >= 15 is 0 Å². The van der Waals surface area contributed by atoms with E-state index in [4.69, 9.17) is 11.6 Å². The summed E-state index contributed by atoms with van der Waals surface area (Å²) in [5, 5.41) is 5.97. The monoisotopic (exact) mass is 359 g/mol. The average Bonchev–Trinajstić information content (AvgIpc) is 2.60. The number of amides is 1. The number of nitrogens with one attached hydrogen (secondary N) is 2. The summed E-state index contributed by atoms with van der Waals surface area (Å²) in [6.45, 7) is 0. The van der Waals surface area contributed by atoms with Gasteiger partial charge in [-0.3, -0.25) is 4.79 Å². The van der Waals surface area contributed by atoms with Crippen LogP contribution in [-0.2, 0) is 0 Å². The number of pyridine rings is 1. The molecule has 0 radical (unpaired) electrons. The van der Waals surface area contributed by atoms with Gasteiger partial charge in [0, 0.05) is 6.07 Å². The fourth-order valence-electron chi connectivity index (χ4n) is 2.10. The number of hydrogen-bond donors (Lipinski definition) is 2. The van der Waals surface area contributed by atoms with E-state index in [1.807, 2.05) is 12.1 Å². The highest BCUT2D eigenvalue weighted by Crippen LogP contribution is 2.24. The summed E-state index contributed by atoms with van der Waals surface area (Å²) in [4.78, 5) is 16.1. The van der Waals surface area contributed by atoms with Gasteiger partial charge >= 0.3 is 0 Å². The van der Waals surface area contributed by atoms with Crippen molar-refractivity contribution in [2.45, 2.75) is 0 Å². The van der Waals surface area contributed by atoms with Crippen molar-refractivity contribution in [3.8, 4) is 0 Å². The number of hydrogen-bond acceptors (Lipinski definition) is 3. The SMILES string of the molecule is O=C(Nc1ccc(F)cc1F)c1ccc(Nc2ccccc2Cl)cn1. The number of benzene rings is 2. The maximum absolute atomic E-state index is 13.6. The van der Waals surface area contributed by atoms with Gasteiger partial charge in [-0.15, -0.1) is 0 Å². The topological polar surface area (TPSA) is 54.0 Å². The number of carbonyl (C=O) groups is 1. The van der Waals surface area contributed by atoms with Crippen LogP contribution in [0.5, 0.6) is 0 Å². The number of aromatic nitrogens is 1. The van der Waals surface area contributed by atoms with Gasteiger partial charge in [0.1, 0.15) is 17.3 Å². The lowest BCUT2D eigenvalue weighted by Crippen LogP contribution is -2.14. The second-order valence-corrected chi connectivity index (χ2v) is 5.52. The summed E-state index contributed by atoms with van der Waals surface area (Å²) in [6, 6.07) is 13.2. The predicted octanol–water partition coefficient (Wildman–Crippen LogP) is 5.01. The number of halogens is 3. The molecule has 4 nitrogen and oxygen atoms in total. The summed E-state index contributed by atoms with van der Waals surface area (Å²) in [5.41, 5.74) is 1.31. The predicted molar refractivity (Wildman–Crippen MR) is 93.3 cm³/mol. The van der Waals surface area contributed by atoms with E-state index in [1.165, 1.54) is 12.3 Å². The molecule has 2 aromatic carbocycles. The molecule has 7 heteroatoms.